The Bertz CT molecular complexity index is 891. The molecule has 0 aliphatic carbocycles. The number of hydrogen-bond acceptors (Lipinski definition) is 6. The topological polar surface area (TPSA) is 94.1 Å². The molecule has 1 amide bonds. The number of nitrogens with one attached hydrogen (secondary N) is 1. The molecule has 3 unspecified atom stereocenters. The van der Waals surface area contributed by atoms with Crippen molar-refractivity contribution in [3.8, 4) is 5.75 Å². The minimum absolute atomic E-state index is 0.0685. The summed E-state index contributed by atoms with van der Waals surface area (Å²) in [6.07, 6.45) is 0.345. The van der Waals surface area contributed by atoms with Crippen molar-refractivity contribution in [3.63, 3.8) is 0 Å². The maximum absolute atomic E-state index is 15.1. The molecule has 0 spiro atoms. The first-order valence-corrected chi connectivity index (χ1v) is 12.8. The lowest BCUT2D eigenvalue weighted by atomic mass is 9.85. The first kappa shape index (κ1) is 26.8. The molecule has 0 bridgehead atoms. The van der Waals surface area contributed by atoms with E-state index >= 15 is 4.39 Å². The van der Waals surface area contributed by atoms with Gasteiger partial charge in [-0.15, -0.1) is 4.72 Å². The first-order valence-electron chi connectivity index (χ1n) is 10.9. The zero-order valence-electron chi connectivity index (χ0n) is 19.4. The van der Waals surface area contributed by atoms with Crippen LogP contribution >= 0.6 is 23.2 Å². The Balaban J connectivity index is 1.80. The molecule has 2 saturated heterocycles. The highest BCUT2D eigenvalue weighted by Crippen LogP contribution is 2.42. The number of halogens is 3. The number of phenols is 1. The van der Waals surface area contributed by atoms with Gasteiger partial charge in [-0.25, -0.2) is 4.39 Å². The van der Waals surface area contributed by atoms with Crippen molar-refractivity contribution in [2.45, 2.75) is 70.1 Å². The number of piperidine rings is 1. The normalized spacial score (nSPS) is 23.5. The van der Waals surface area contributed by atoms with E-state index < -0.39 is 39.9 Å². The SMILES string of the molecule is CC1(C)OCC(C(=O)N2CCC(C(N[S+]([O-])C(C)(C)C)c3c(O)cc(Cl)c(Cl)c3F)CC2)O1. The smallest absolute Gasteiger partial charge is 0.254 e. The second-order valence-electron chi connectivity index (χ2n) is 9.88. The van der Waals surface area contributed by atoms with Crippen LogP contribution in [0.2, 0.25) is 10.0 Å². The van der Waals surface area contributed by atoms with Gasteiger partial charge in [0.05, 0.1) is 28.3 Å². The van der Waals surface area contributed by atoms with Crippen LogP contribution in [0.25, 0.3) is 0 Å². The van der Waals surface area contributed by atoms with E-state index in [0.29, 0.717) is 25.9 Å². The number of amides is 1. The van der Waals surface area contributed by atoms with E-state index in [1.165, 1.54) is 6.07 Å². The quantitative estimate of drug-likeness (QED) is 0.440. The van der Waals surface area contributed by atoms with E-state index in [9.17, 15) is 14.5 Å². The molecule has 7 nitrogen and oxygen atoms in total. The third kappa shape index (κ3) is 6.07. The molecule has 11 heteroatoms. The van der Waals surface area contributed by atoms with Crippen molar-refractivity contribution in [3.05, 3.63) is 27.5 Å². The summed E-state index contributed by atoms with van der Waals surface area (Å²) in [4.78, 5) is 14.6. The van der Waals surface area contributed by atoms with E-state index in [2.05, 4.69) is 4.72 Å². The Morgan fingerprint density at radius 1 is 1.36 bits per heavy atom. The molecule has 2 aliphatic heterocycles. The summed E-state index contributed by atoms with van der Waals surface area (Å²) in [6.45, 7) is 9.93. The van der Waals surface area contributed by atoms with E-state index in [1.807, 2.05) is 0 Å². The van der Waals surface area contributed by atoms with Gasteiger partial charge in [-0.05, 0) is 53.4 Å². The molecular weight excluding hydrogens is 494 g/mol. The van der Waals surface area contributed by atoms with Gasteiger partial charge in [-0.1, -0.05) is 23.2 Å². The van der Waals surface area contributed by atoms with E-state index in [0.717, 1.165) is 0 Å². The molecule has 0 radical (unpaired) electrons. The summed E-state index contributed by atoms with van der Waals surface area (Å²) in [5, 5.41) is 10.1. The third-order valence-electron chi connectivity index (χ3n) is 5.89. The standard InChI is InChI=1S/C22H31Cl2FN2O5S/c1-21(2,3)33(30)26-19(16-14(28)10-13(23)17(24)18(16)25)12-6-8-27(9-7-12)20(29)15-11-31-22(4,5)32-15/h10,12,15,19,26,28H,6-9,11H2,1-5H3. The fraction of sp³-hybridized carbons (Fsp3) is 0.682. The summed E-state index contributed by atoms with van der Waals surface area (Å²) in [5.74, 6) is -2.36. The van der Waals surface area contributed by atoms with Gasteiger partial charge in [0.25, 0.3) is 5.91 Å². The van der Waals surface area contributed by atoms with Crippen LogP contribution in [0.15, 0.2) is 6.07 Å². The minimum Gasteiger partial charge on any atom is -0.598 e. The fourth-order valence-corrected chi connectivity index (χ4v) is 5.28. The van der Waals surface area contributed by atoms with Crippen molar-refractivity contribution < 1.29 is 28.3 Å². The second-order valence-corrected chi connectivity index (χ2v) is 12.7. The Hall–Kier alpha value is -0.810. The lowest BCUT2D eigenvalue weighted by Crippen LogP contribution is -2.48. The summed E-state index contributed by atoms with van der Waals surface area (Å²) in [5.41, 5.74) is -0.0685. The largest absolute Gasteiger partial charge is 0.598 e. The molecule has 0 aromatic heterocycles. The van der Waals surface area contributed by atoms with Crippen molar-refractivity contribution in [2.75, 3.05) is 19.7 Å². The monoisotopic (exact) mass is 524 g/mol. The highest BCUT2D eigenvalue weighted by atomic mass is 35.5. The minimum atomic E-state index is -1.55. The maximum atomic E-state index is 15.1. The maximum Gasteiger partial charge on any atom is 0.254 e. The van der Waals surface area contributed by atoms with Gasteiger partial charge in [0.2, 0.25) is 0 Å². The predicted octanol–water partition coefficient (Wildman–Crippen LogP) is 4.32. The van der Waals surface area contributed by atoms with E-state index in [-0.39, 0.29) is 39.8 Å². The molecule has 2 aliphatic rings. The molecule has 0 saturated carbocycles. The lowest BCUT2D eigenvalue weighted by Gasteiger charge is -2.38. The molecule has 1 aromatic carbocycles. The highest BCUT2D eigenvalue weighted by Gasteiger charge is 2.42. The van der Waals surface area contributed by atoms with Gasteiger partial charge < -0.3 is 24.0 Å². The molecule has 1 aromatic rings. The molecule has 2 fully saturated rings. The highest BCUT2D eigenvalue weighted by molar-refractivity contribution is 7.90. The zero-order chi connectivity index (χ0) is 24.7. The van der Waals surface area contributed by atoms with Gasteiger partial charge in [0.1, 0.15) is 10.5 Å². The summed E-state index contributed by atoms with van der Waals surface area (Å²) in [6, 6.07) is 0.400. The Kier molecular flexibility index (Phi) is 8.16. The van der Waals surface area contributed by atoms with Crippen LogP contribution in [-0.2, 0) is 25.6 Å². The number of rotatable bonds is 5. The van der Waals surface area contributed by atoms with Crippen molar-refractivity contribution in [1.29, 1.82) is 0 Å². The summed E-state index contributed by atoms with van der Waals surface area (Å²) >= 11 is 10.4. The fourth-order valence-electron chi connectivity index (χ4n) is 4.04. The number of hydrogen-bond donors (Lipinski definition) is 2. The van der Waals surface area contributed by atoms with Crippen LogP contribution in [0.3, 0.4) is 0 Å². The van der Waals surface area contributed by atoms with Gasteiger partial charge in [0, 0.05) is 30.5 Å². The molecule has 186 valence electrons. The number of ether oxygens (including phenoxy) is 2. The first-order chi connectivity index (χ1) is 15.2. The van der Waals surface area contributed by atoms with Crippen molar-refractivity contribution in [2.24, 2.45) is 5.92 Å². The molecular formula is C22H31Cl2FN2O5S. The number of nitrogens with zero attached hydrogens (tertiary/aromatic N) is 1. The van der Waals surface area contributed by atoms with Gasteiger partial charge in [-0.2, -0.15) is 0 Å². The van der Waals surface area contributed by atoms with Crippen LogP contribution in [0.4, 0.5) is 4.39 Å². The Morgan fingerprint density at radius 2 is 1.97 bits per heavy atom. The number of aromatic hydroxyl groups is 1. The molecule has 3 rings (SSSR count). The zero-order valence-corrected chi connectivity index (χ0v) is 21.7. The van der Waals surface area contributed by atoms with Gasteiger partial charge in [0.15, 0.2) is 17.7 Å². The van der Waals surface area contributed by atoms with Crippen LogP contribution in [0.1, 0.15) is 59.1 Å². The third-order valence-corrected chi connectivity index (χ3v) is 8.23. The van der Waals surface area contributed by atoms with Crippen LogP contribution in [0.5, 0.6) is 5.75 Å². The van der Waals surface area contributed by atoms with Gasteiger partial charge >= 0.3 is 0 Å². The lowest BCUT2D eigenvalue weighted by molar-refractivity contribution is -0.161. The van der Waals surface area contributed by atoms with Crippen LogP contribution < -0.4 is 4.72 Å². The molecule has 33 heavy (non-hydrogen) atoms. The Morgan fingerprint density at radius 3 is 2.48 bits per heavy atom. The predicted molar refractivity (Wildman–Crippen MR) is 126 cm³/mol. The number of carbonyl (C=O) groups excluding carboxylic acids is 1. The summed E-state index contributed by atoms with van der Waals surface area (Å²) < 4.78 is 41.6. The average molecular weight is 525 g/mol. The average Bonchev–Trinajstić information content (AvgIpc) is 3.10. The number of benzene rings is 1. The number of carbonyl (C=O) groups is 1. The van der Waals surface area contributed by atoms with Crippen LogP contribution in [0, 0.1) is 11.7 Å². The Labute approximate surface area is 207 Å². The van der Waals surface area contributed by atoms with E-state index in [1.54, 1.807) is 39.5 Å². The number of likely N-dealkylation sites (tertiary alicyclic amines) is 1. The van der Waals surface area contributed by atoms with Crippen molar-refractivity contribution in [1.82, 2.24) is 9.62 Å². The number of phenolic OH excluding ortho intramolecular Hbond substituents is 1. The van der Waals surface area contributed by atoms with E-state index in [4.69, 9.17) is 32.7 Å². The molecule has 3 atom stereocenters. The van der Waals surface area contributed by atoms with Gasteiger partial charge in [-0.3, -0.25) is 4.79 Å². The summed E-state index contributed by atoms with van der Waals surface area (Å²) in [7, 11) is 0. The molecule has 2 N–H and O–H groups in total. The second kappa shape index (κ2) is 10.0. The van der Waals surface area contributed by atoms with Crippen molar-refractivity contribution >= 4 is 40.5 Å². The molecule has 2 heterocycles. The van der Waals surface area contributed by atoms with Crippen LogP contribution in [-0.4, -0.2) is 56.8 Å².